The first-order valence-corrected chi connectivity index (χ1v) is 6.48. The van der Waals surface area contributed by atoms with Crippen molar-refractivity contribution in [2.24, 2.45) is 11.3 Å². The van der Waals surface area contributed by atoms with Gasteiger partial charge in [0.05, 0.1) is 25.7 Å². The van der Waals surface area contributed by atoms with Crippen LogP contribution < -0.4 is 0 Å². The Morgan fingerprint density at radius 1 is 1.53 bits per heavy atom. The van der Waals surface area contributed by atoms with Crippen molar-refractivity contribution in [1.82, 2.24) is 0 Å². The molecule has 4 heteroatoms. The lowest BCUT2D eigenvalue weighted by Crippen LogP contribution is -2.42. The molecular formula is C13H22O4. The van der Waals surface area contributed by atoms with E-state index in [0.717, 1.165) is 12.8 Å². The lowest BCUT2D eigenvalue weighted by Gasteiger charge is -2.38. The predicted molar refractivity (Wildman–Crippen MR) is 62.4 cm³/mol. The van der Waals surface area contributed by atoms with Crippen LogP contribution in [0.3, 0.4) is 0 Å². The Morgan fingerprint density at radius 3 is 3.00 bits per heavy atom. The summed E-state index contributed by atoms with van der Waals surface area (Å²) in [6, 6.07) is 0. The van der Waals surface area contributed by atoms with Crippen LogP contribution in [-0.2, 0) is 19.0 Å². The zero-order chi connectivity index (χ0) is 12.5. The third-order valence-electron chi connectivity index (χ3n) is 4.07. The highest BCUT2D eigenvalue weighted by Gasteiger charge is 2.49. The van der Waals surface area contributed by atoms with E-state index >= 15 is 0 Å². The highest BCUT2D eigenvalue weighted by atomic mass is 16.7. The van der Waals surface area contributed by atoms with Crippen LogP contribution in [0.4, 0.5) is 0 Å². The minimum atomic E-state index is -0.110. The normalized spacial score (nSPS) is 41.0. The minimum absolute atomic E-state index is 0.0307. The molecular weight excluding hydrogens is 220 g/mol. The van der Waals surface area contributed by atoms with Crippen LogP contribution in [0.25, 0.3) is 0 Å². The largest absolute Gasteiger partial charge is 0.466 e. The van der Waals surface area contributed by atoms with E-state index in [-0.39, 0.29) is 23.8 Å². The molecule has 2 aliphatic rings. The van der Waals surface area contributed by atoms with Crippen LogP contribution >= 0.6 is 0 Å². The topological polar surface area (TPSA) is 44.8 Å². The van der Waals surface area contributed by atoms with Gasteiger partial charge in [-0.05, 0) is 32.1 Å². The smallest absolute Gasteiger partial charge is 0.306 e. The second kappa shape index (κ2) is 4.94. The van der Waals surface area contributed by atoms with Crippen molar-refractivity contribution in [3.8, 4) is 0 Å². The number of esters is 1. The van der Waals surface area contributed by atoms with E-state index in [1.807, 2.05) is 13.8 Å². The molecule has 0 bridgehead atoms. The summed E-state index contributed by atoms with van der Waals surface area (Å²) < 4.78 is 16.4. The molecule has 0 spiro atoms. The van der Waals surface area contributed by atoms with E-state index in [1.165, 1.54) is 0 Å². The Labute approximate surface area is 103 Å². The molecule has 0 unspecified atom stereocenters. The molecule has 2 rings (SSSR count). The second-order valence-corrected chi connectivity index (χ2v) is 5.36. The summed E-state index contributed by atoms with van der Waals surface area (Å²) in [5.74, 6) is 0.220. The first-order chi connectivity index (χ1) is 8.05. The van der Waals surface area contributed by atoms with Crippen LogP contribution in [0.5, 0.6) is 0 Å². The number of carbonyl (C=O) groups excluding carboxylic acids is 1. The number of hydrogen-bond donors (Lipinski definition) is 0. The first kappa shape index (κ1) is 12.8. The fourth-order valence-corrected chi connectivity index (χ4v) is 3.06. The maximum Gasteiger partial charge on any atom is 0.306 e. The average Bonchev–Trinajstić information content (AvgIpc) is 2.56. The minimum Gasteiger partial charge on any atom is -0.466 e. The van der Waals surface area contributed by atoms with Gasteiger partial charge in [0.25, 0.3) is 0 Å². The van der Waals surface area contributed by atoms with Crippen molar-refractivity contribution in [3.63, 3.8) is 0 Å². The van der Waals surface area contributed by atoms with Crippen molar-refractivity contribution >= 4 is 5.97 Å². The van der Waals surface area contributed by atoms with Crippen LogP contribution in [-0.4, -0.2) is 31.6 Å². The number of fused-ring (bicyclic) bond motifs is 1. The van der Waals surface area contributed by atoms with Gasteiger partial charge in [0.1, 0.15) is 0 Å². The summed E-state index contributed by atoms with van der Waals surface area (Å²) in [6.07, 6.45) is 2.65. The van der Waals surface area contributed by atoms with E-state index in [4.69, 9.17) is 14.2 Å². The molecule has 98 valence electrons. The third-order valence-corrected chi connectivity index (χ3v) is 4.07. The molecule has 0 aromatic carbocycles. The first-order valence-electron chi connectivity index (χ1n) is 6.48. The molecule has 1 saturated carbocycles. The van der Waals surface area contributed by atoms with Gasteiger partial charge in [-0.3, -0.25) is 4.79 Å². The van der Waals surface area contributed by atoms with Crippen LogP contribution in [0.2, 0.25) is 0 Å². The number of carbonyl (C=O) groups is 1. The van der Waals surface area contributed by atoms with E-state index in [0.29, 0.717) is 25.6 Å². The van der Waals surface area contributed by atoms with E-state index < -0.39 is 0 Å². The Balaban J connectivity index is 1.99. The molecule has 0 aromatic rings. The summed E-state index contributed by atoms with van der Waals surface area (Å²) in [6.45, 7) is 7.06. The highest BCUT2D eigenvalue weighted by Crippen LogP contribution is 2.49. The number of ether oxygens (including phenoxy) is 3. The van der Waals surface area contributed by atoms with Crippen molar-refractivity contribution < 1.29 is 19.0 Å². The van der Waals surface area contributed by atoms with Crippen molar-refractivity contribution in [2.45, 2.75) is 52.4 Å². The molecule has 1 aliphatic carbocycles. The fraction of sp³-hybridized carbons (Fsp3) is 0.923. The van der Waals surface area contributed by atoms with Crippen LogP contribution in [0, 0.1) is 11.3 Å². The van der Waals surface area contributed by atoms with Crippen LogP contribution in [0.1, 0.15) is 40.0 Å². The molecule has 1 heterocycles. The van der Waals surface area contributed by atoms with Crippen LogP contribution in [0.15, 0.2) is 0 Å². The Kier molecular flexibility index (Phi) is 3.73. The molecule has 0 aromatic heterocycles. The van der Waals surface area contributed by atoms with Gasteiger partial charge in [-0.25, -0.2) is 0 Å². The third kappa shape index (κ3) is 2.63. The van der Waals surface area contributed by atoms with Gasteiger partial charge >= 0.3 is 5.97 Å². The van der Waals surface area contributed by atoms with E-state index in [1.54, 1.807) is 0 Å². The maximum absolute atomic E-state index is 11.6. The van der Waals surface area contributed by atoms with Gasteiger partial charge in [0.15, 0.2) is 6.29 Å². The van der Waals surface area contributed by atoms with E-state index in [2.05, 4.69) is 6.92 Å². The molecule has 1 saturated heterocycles. The summed E-state index contributed by atoms with van der Waals surface area (Å²) >= 11 is 0. The van der Waals surface area contributed by atoms with Crippen molar-refractivity contribution in [1.29, 1.82) is 0 Å². The molecule has 0 amide bonds. The standard InChI is InChI=1S/C13H22O4/c1-4-15-12(14)7-13(3)6-5-11-10(13)8-16-9(2)17-11/h9-11H,4-8H2,1-3H3/t9-,10+,11+,13+/m0/s1. The maximum atomic E-state index is 11.6. The molecule has 17 heavy (non-hydrogen) atoms. The molecule has 0 N–H and O–H groups in total. The van der Waals surface area contributed by atoms with Gasteiger partial charge in [-0.15, -0.1) is 0 Å². The van der Waals surface area contributed by atoms with Crippen molar-refractivity contribution in [3.05, 3.63) is 0 Å². The number of hydrogen-bond acceptors (Lipinski definition) is 4. The quantitative estimate of drug-likeness (QED) is 0.711. The summed E-state index contributed by atoms with van der Waals surface area (Å²) in [7, 11) is 0. The zero-order valence-corrected chi connectivity index (χ0v) is 10.9. The zero-order valence-electron chi connectivity index (χ0n) is 10.9. The Hall–Kier alpha value is -0.610. The van der Waals surface area contributed by atoms with E-state index in [9.17, 15) is 4.79 Å². The summed E-state index contributed by atoms with van der Waals surface area (Å²) in [5.41, 5.74) is -0.0307. The average molecular weight is 242 g/mol. The predicted octanol–water partition coefficient (Wildman–Crippen LogP) is 2.12. The Bertz CT molecular complexity index is 291. The number of rotatable bonds is 3. The van der Waals surface area contributed by atoms with Gasteiger partial charge in [0, 0.05) is 5.92 Å². The van der Waals surface area contributed by atoms with Gasteiger partial charge in [-0.1, -0.05) is 6.92 Å². The summed E-state index contributed by atoms with van der Waals surface area (Å²) in [4.78, 5) is 11.6. The van der Waals surface area contributed by atoms with Crippen molar-refractivity contribution in [2.75, 3.05) is 13.2 Å². The Morgan fingerprint density at radius 2 is 2.29 bits per heavy atom. The lowest BCUT2D eigenvalue weighted by atomic mass is 9.76. The van der Waals surface area contributed by atoms with Gasteiger partial charge < -0.3 is 14.2 Å². The molecule has 4 atom stereocenters. The second-order valence-electron chi connectivity index (χ2n) is 5.36. The highest BCUT2D eigenvalue weighted by molar-refractivity contribution is 5.70. The van der Waals surface area contributed by atoms with Gasteiger partial charge in [-0.2, -0.15) is 0 Å². The molecule has 1 aliphatic heterocycles. The monoisotopic (exact) mass is 242 g/mol. The van der Waals surface area contributed by atoms with Gasteiger partial charge in [0.2, 0.25) is 0 Å². The lowest BCUT2D eigenvalue weighted by molar-refractivity contribution is -0.231. The summed E-state index contributed by atoms with van der Waals surface area (Å²) in [5, 5.41) is 0. The molecule has 4 nitrogen and oxygen atoms in total. The SMILES string of the molecule is CCOC(=O)C[C@@]1(C)CC[C@H]2O[C@@H](C)OC[C@H]21. The fourth-order valence-electron chi connectivity index (χ4n) is 3.06. The molecule has 2 fully saturated rings. The molecule has 0 radical (unpaired) electrons.